The number of methoxy groups -OCH3 is 3. The number of benzene rings is 1. The van der Waals surface area contributed by atoms with Crippen LogP contribution in [0.3, 0.4) is 0 Å². The molecule has 5 nitrogen and oxygen atoms in total. The molecule has 2 heterocycles. The van der Waals surface area contributed by atoms with Crippen molar-refractivity contribution in [3.05, 3.63) is 17.7 Å². The number of hydrogen-bond donors (Lipinski definition) is 0. The van der Waals surface area contributed by atoms with Crippen LogP contribution in [0.4, 0.5) is 0 Å². The van der Waals surface area contributed by atoms with Crippen molar-refractivity contribution >= 4 is 0 Å². The first kappa shape index (κ1) is 13.5. The molecule has 2 unspecified atom stereocenters. The largest absolute Gasteiger partial charge is 0.493 e. The number of rotatable bonds is 4. The van der Waals surface area contributed by atoms with Gasteiger partial charge in [-0.2, -0.15) is 0 Å². The molecule has 2 aliphatic rings. The van der Waals surface area contributed by atoms with Gasteiger partial charge in [-0.25, -0.2) is 0 Å². The lowest BCUT2D eigenvalue weighted by atomic mass is 10.1. The highest BCUT2D eigenvalue weighted by Gasteiger charge is 2.36. The van der Waals surface area contributed by atoms with Crippen molar-refractivity contribution in [2.45, 2.75) is 12.6 Å². The van der Waals surface area contributed by atoms with Crippen LogP contribution in [0.25, 0.3) is 0 Å². The Morgan fingerprint density at radius 3 is 1.85 bits per heavy atom. The molecule has 5 heteroatoms. The number of hydrogen-bond acceptors (Lipinski definition) is 5. The predicted octanol–water partition coefficient (Wildman–Crippen LogP) is 1.73. The zero-order chi connectivity index (χ0) is 14.1. The van der Waals surface area contributed by atoms with Crippen LogP contribution in [0.2, 0.25) is 0 Å². The first-order chi connectivity index (χ1) is 9.78. The van der Waals surface area contributed by atoms with Gasteiger partial charge in [-0.05, 0) is 24.1 Å². The number of fused-ring (bicyclic) bond motifs is 2. The highest BCUT2D eigenvalue weighted by molar-refractivity contribution is 5.54. The first-order valence-electron chi connectivity index (χ1n) is 7.06. The van der Waals surface area contributed by atoms with Crippen molar-refractivity contribution in [3.8, 4) is 17.2 Å². The molecular weight excluding hydrogens is 256 g/mol. The van der Waals surface area contributed by atoms with E-state index in [-0.39, 0.29) is 0 Å². The summed E-state index contributed by atoms with van der Waals surface area (Å²) < 4.78 is 16.3. The fourth-order valence-electron chi connectivity index (χ4n) is 3.35. The minimum atomic E-state index is 0.345. The van der Waals surface area contributed by atoms with Gasteiger partial charge in [0.2, 0.25) is 5.75 Å². The Morgan fingerprint density at radius 1 is 0.850 bits per heavy atom. The summed E-state index contributed by atoms with van der Waals surface area (Å²) in [7, 11) is 4.96. The molecule has 2 bridgehead atoms. The SMILES string of the molecule is COc1cc(C2N3CCCN2CC3)cc(OC)c1OC. The number of ether oxygens (including phenoxy) is 3. The summed E-state index contributed by atoms with van der Waals surface area (Å²) in [6.45, 7) is 4.61. The average molecular weight is 278 g/mol. The minimum absolute atomic E-state index is 0.345. The van der Waals surface area contributed by atoms with Crippen molar-refractivity contribution in [3.63, 3.8) is 0 Å². The highest BCUT2D eigenvalue weighted by Crippen LogP contribution is 2.43. The third kappa shape index (κ3) is 2.11. The lowest BCUT2D eigenvalue weighted by molar-refractivity contribution is 0.0923. The summed E-state index contributed by atoms with van der Waals surface area (Å²) in [6.07, 6.45) is 1.60. The standard InChI is InChI=1S/C15H22N2O3/c1-18-12-9-11(10-13(19-2)14(12)20-3)15-16-5-4-6-17(15)8-7-16/h9-10,15H,4-8H2,1-3H3. The Balaban J connectivity index is 2.01. The van der Waals surface area contributed by atoms with E-state index in [1.165, 1.54) is 12.0 Å². The molecule has 0 radical (unpaired) electrons. The molecule has 0 aromatic heterocycles. The molecule has 0 saturated carbocycles. The van der Waals surface area contributed by atoms with Gasteiger partial charge in [-0.1, -0.05) is 0 Å². The van der Waals surface area contributed by atoms with Crippen LogP contribution in [0.5, 0.6) is 17.2 Å². The molecule has 110 valence electrons. The van der Waals surface area contributed by atoms with Crippen LogP contribution in [0.1, 0.15) is 18.2 Å². The Hall–Kier alpha value is -1.46. The van der Waals surface area contributed by atoms with Crippen LogP contribution >= 0.6 is 0 Å². The van der Waals surface area contributed by atoms with Gasteiger partial charge in [0.25, 0.3) is 0 Å². The third-order valence-corrected chi connectivity index (χ3v) is 4.24. The summed E-state index contributed by atoms with van der Waals surface area (Å²) in [5, 5.41) is 0. The minimum Gasteiger partial charge on any atom is -0.493 e. The molecule has 2 fully saturated rings. The van der Waals surface area contributed by atoms with Gasteiger partial charge < -0.3 is 14.2 Å². The molecule has 3 rings (SSSR count). The van der Waals surface area contributed by atoms with E-state index in [0.29, 0.717) is 11.9 Å². The normalized spacial score (nSPS) is 28.2. The van der Waals surface area contributed by atoms with E-state index >= 15 is 0 Å². The maximum Gasteiger partial charge on any atom is 0.203 e. The molecule has 1 aromatic rings. The lowest BCUT2D eigenvalue weighted by Gasteiger charge is -2.35. The van der Waals surface area contributed by atoms with Gasteiger partial charge in [0.05, 0.1) is 27.5 Å². The van der Waals surface area contributed by atoms with Gasteiger partial charge in [-0.3, -0.25) is 9.80 Å². The Labute approximate surface area is 120 Å². The van der Waals surface area contributed by atoms with E-state index in [2.05, 4.69) is 21.9 Å². The van der Waals surface area contributed by atoms with Crippen molar-refractivity contribution < 1.29 is 14.2 Å². The first-order valence-corrected chi connectivity index (χ1v) is 7.06. The van der Waals surface area contributed by atoms with Crippen LogP contribution in [0, 0.1) is 0 Å². The Bertz CT molecular complexity index is 451. The summed E-state index contributed by atoms with van der Waals surface area (Å²) in [6, 6.07) is 4.14. The van der Waals surface area contributed by atoms with Crippen LogP contribution in [-0.4, -0.2) is 57.3 Å². The second-order valence-corrected chi connectivity index (χ2v) is 5.26. The molecule has 0 amide bonds. The molecular formula is C15H22N2O3. The van der Waals surface area contributed by atoms with Crippen LogP contribution < -0.4 is 14.2 Å². The molecule has 0 N–H and O–H groups in total. The third-order valence-electron chi connectivity index (χ3n) is 4.24. The van der Waals surface area contributed by atoms with Crippen LogP contribution in [-0.2, 0) is 0 Å². The highest BCUT2D eigenvalue weighted by atomic mass is 16.5. The predicted molar refractivity (Wildman–Crippen MR) is 76.6 cm³/mol. The maximum absolute atomic E-state index is 5.46. The molecule has 0 aliphatic carbocycles. The van der Waals surface area contributed by atoms with Gasteiger partial charge >= 0.3 is 0 Å². The lowest BCUT2D eigenvalue weighted by Crippen LogP contribution is -2.38. The zero-order valence-electron chi connectivity index (χ0n) is 12.4. The van der Waals surface area contributed by atoms with E-state index in [0.717, 1.165) is 37.7 Å². The van der Waals surface area contributed by atoms with E-state index in [1.807, 2.05) is 0 Å². The van der Waals surface area contributed by atoms with Crippen molar-refractivity contribution in [1.82, 2.24) is 9.80 Å². The quantitative estimate of drug-likeness (QED) is 0.838. The van der Waals surface area contributed by atoms with E-state index in [9.17, 15) is 0 Å². The van der Waals surface area contributed by atoms with Gasteiger partial charge in [0.1, 0.15) is 0 Å². The van der Waals surface area contributed by atoms with Crippen molar-refractivity contribution in [2.24, 2.45) is 0 Å². The van der Waals surface area contributed by atoms with Gasteiger partial charge in [-0.15, -0.1) is 0 Å². The molecule has 20 heavy (non-hydrogen) atoms. The molecule has 0 spiro atoms. The van der Waals surface area contributed by atoms with E-state index in [1.54, 1.807) is 21.3 Å². The van der Waals surface area contributed by atoms with Crippen molar-refractivity contribution in [2.75, 3.05) is 47.5 Å². The van der Waals surface area contributed by atoms with E-state index in [4.69, 9.17) is 14.2 Å². The molecule has 1 aromatic carbocycles. The van der Waals surface area contributed by atoms with Gasteiger partial charge in [0, 0.05) is 26.2 Å². The smallest absolute Gasteiger partial charge is 0.203 e. The summed E-state index contributed by atoms with van der Waals surface area (Å²) in [5.41, 5.74) is 1.22. The molecule has 2 atom stereocenters. The fraction of sp³-hybridized carbons (Fsp3) is 0.600. The van der Waals surface area contributed by atoms with Crippen LogP contribution in [0.15, 0.2) is 12.1 Å². The maximum atomic E-state index is 5.46. The molecule has 2 saturated heterocycles. The average Bonchev–Trinajstić information content (AvgIpc) is 2.74. The topological polar surface area (TPSA) is 34.2 Å². The fourth-order valence-corrected chi connectivity index (χ4v) is 3.35. The summed E-state index contributed by atoms with van der Waals surface area (Å²) >= 11 is 0. The summed E-state index contributed by atoms with van der Waals surface area (Å²) in [4.78, 5) is 5.04. The van der Waals surface area contributed by atoms with E-state index < -0.39 is 0 Å². The zero-order valence-corrected chi connectivity index (χ0v) is 12.4. The second-order valence-electron chi connectivity index (χ2n) is 5.26. The summed E-state index contributed by atoms with van der Waals surface area (Å²) in [5.74, 6) is 2.12. The molecule has 2 aliphatic heterocycles. The van der Waals surface area contributed by atoms with Gasteiger partial charge in [0.15, 0.2) is 11.5 Å². The Morgan fingerprint density at radius 2 is 1.40 bits per heavy atom. The monoisotopic (exact) mass is 278 g/mol. The number of nitrogens with zero attached hydrogens (tertiary/aromatic N) is 2. The Kier molecular flexibility index (Phi) is 3.72. The second kappa shape index (κ2) is 5.50. The van der Waals surface area contributed by atoms with Crippen molar-refractivity contribution in [1.29, 1.82) is 0 Å².